The van der Waals surface area contributed by atoms with Crippen molar-refractivity contribution in [1.82, 2.24) is 4.90 Å². The number of benzene rings is 2. The number of rotatable bonds is 8. The molecule has 0 aliphatic carbocycles. The van der Waals surface area contributed by atoms with E-state index in [0.717, 1.165) is 61.1 Å². The second-order valence-electron chi connectivity index (χ2n) is 8.58. The van der Waals surface area contributed by atoms with E-state index in [4.69, 9.17) is 14.9 Å². The highest BCUT2D eigenvalue weighted by Crippen LogP contribution is 2.39. The van der Waals surface area contributed by atoms with Crippen molar-refractivity contribution in [2.24, 2.45) is 0 Å². The minimum atomic E-state index is -0.00599. The Morgan fingerprint density at radius 3 is 2.52 bits per heavy atom. The molecule has 1 fully saturated rings. The average Bonchev–Trinajstić information content (AvgIpc) is 3.12. The molecule has 0 saturated carbocycles. The molecule has 2 heterocycles. The minimum Gasteiger partial charge on any atom is -0.494 e. The fourth-order valence-corrected chi connectivity index (χ4v) is 4.41. The Balaban J connectivity index is 1.54. The van der Waals surface area contributed by atoms with Crippen LogP contribution >= 0.6 is 0 Å². The molecule has 31 heavy (non-hydrogen) atoms. The van der Waals surface area contributed by atoms with Crippen LogP contribution < -0.4 is 10.5 Å². The predicted octanol–water partition coefficient (Wildman–Crippen LogP) is 5.62. The third kappa shape index (κ3) is 4.77. The summed E-state index contributed by atoms with van der Waals surface area (Å²) in [6.07, 6.45) is 5.48. The molecular weight excluding hydrogens is 388 g/mol. The summed E-state index contributed by atoms with van der Waals surface area (Å²) in [5.41, 5.74) is 9.37. The molecule has 0 unspecified atom stereocenters. The average molecular weight is 421 g/mol. The van der Waals surface area contributed by atoms with Crippen LogP contribution in [0, 0.1) is 0 Å². The van der Waals surface area contributed by atoms with E-state index >= 15 is 0 Å². The SMILES string of the molecule is CCCCCOc1ccc(C(=O)c2ccc3oc(N)c(C4CCN(C)CC4)c3c2)cc1. The molecule has 5 nitrogen and oxygen atoms in total. The van der Waals surface area contributed by atoms with Gasteiger partial charge in [0.2, 0.25) is 0 Å². The van der Waals surface area contributed by atoms with E-state index in [1.54, 1.807) is 0 Å². The van der Waals surface area contributed by atoms with E-state index in [9.17, 15) is 4.79 Å². The van der Waals surface area contributed by atoms with Crippen LogP contribution in [0.4, 0.5) is 5.88 Å². The van der Waals surface area contributed by atoms with Crippen molar-refractivity contribution in [3.8, 4) is 5.75 Å². The molecule has 2 aromatic carbocycles. The second-order valence-corrected chi connectivity index (χ2v) is 8.58. The number of likely N-dealkylation sites (tertiary alicyclic amines) is 1. The fraction of sp³-hybridized carbons (Fsp3) is 0.423. The van der Waals surface area contributed by atoms with E-state index in [1.807, 2.05) is 42.5 Å². The first-order valence-corrected chi connectivity index (χ1v) is 11.3. The highest BCUT2D eigenvalue weighted by atomic mass is 16.5. The van der Waals surface area contributed by atoms with Gasteiger partial charge in [-0.25, -0.2) is 0 Å². The molecule has 0 amide bonds. The lowest BCUT2D eigenvalue weighted by Gasteiger charge is -2.28. The quantitative estimate of drug-likeness (QED) is 0.378. The van der Waals surface area contributed by atoms with Gasteiger partial charge in [0.15, 0.2) is 11.7 Å². The standard InChI is InChI=1S/C26H32N2O3/c1-3-4-5-16-30-21-9-6-19(7-10-21)25(29)20-8-11-23-22(17-20)24(26(27)31-23)18-12-14-28(2)15-13-18/h6-11,17-18H,3-5,12-16,27H2,1-2H3. The smallest absolute Gasteiger partial charge is 0.195 e. The van der Waals surface area contributed by atoms with Crippen LogP contribution in [0.25, 0.3) is 11.0 Å². The number of nitrogens with two attached hydrogens (primary N) is 1. The number of hydrogen-bond acceptors (Lipinski definition) is 5. The van der Waals surface area contributed by atoms with Gasteiger partial charge in [0.05, 0.1) is 6.61 Å². The Kier molecular flexibility index (Phi) is 6.62. The normalized spacial score (nSPS) is 15.4. The number of fused-ring (bicyclic) bond motifs is 1. The third-order valence-corrected chi connectivity index (χ3v) is 6.28. The number of ether oxygens (including phenoxy) is 1. The van der Waals surface area contributed by atoms with E-state index in [-0.39, 0.29) is 5.78 Å². The van der Waals surface area contributed by atoms with Gasteiger partial charge >= 0.3 is 0 Å². The van der Waals surface area contributed by atoms with Crippen molar-refractivity contribution >= 4 is 22.6 Å². The van der Waals surface area contributed by atoms with Gasteiger partial charge in [-0.15, -0.1) is 0 Å². The lowest BCUT2D eigenvalue weighted by Crippen LogP contribution is -2.29. The topological polar surface area (TPSA) is 68.7 Å². The summed E-state index contributed by atoms with van der Waals surface area (Å²) in [6, 6.07) is 13.0. The summed E-state index contributed by atoms with van der Waals surface area (Å²) >= 11 is 0. The summed E-state index contributed by atoms with van der Waals surface area (Å²) < 4.78 is 11.6. The lowest BCUT2D eigenvalue weighted by molar-refractivity contribution is 0.103. The molecule has 4 rings (SSSR count). The van der Waals surface area contributed by atoms with Crippen LogP contribution in [0.15, 0.2) is 46.9 Å². The maximum atomic E-state index is 13.1. The monoisotopic (exact) mass is 420 g/mol. The Bertz CT molecular complexity index is 1030. The molecule has 0 atom stereocenters. The number of piperidine rings is 1. The largest absolute Gasteiger partial charge is 0.494 e. The molecule has 1 aliphatic heterocycles. The summed E-state index contributed by atoms with van der Waals surface area (Å²) in [5.74, 6) is 1.65. The number of nitrogens with zero attached hydrogens (tertiary/aromatic N) is 1. The molecule has 0 bridgehead atoms. The van der Waals surface area contributed by atoms with Crippen molar-refractivity contribution in [3.63, 3.8) is 0 Å². The number of anilines is 1. The zero-order valence-electron chi connectivity index (χ0n) is 18.5. The number of carbonyl (C=O) groups is 1. The Morgan fingerprint density at radius 1 is 1.10 bits per heavy atom. The van der Waals surface area contributed by atoms with Crippen LogP contribution in [0.1, 0.15) is 66.4 Å². The van der Waals surface area contributed by atoms with Crippen molar-refractivity contribution in [2.75, 3.05) is 32.5 Å². The number of unbranched alkanes of at least 4 members (excludes halogenated alkanes) is 2. The molecule has 1 aromatic heterocycles. The Hall–Kier alpha value is -2.79. The number of hydrogen-bond donors (Lipinski definition) is 1. The highest BCUT2D eigenvalue weighted by molar-refractivity contribution is 6.10. The molecule has 3 aromatic rings. The van der Waals surface area contributed by atoms with E-state index in [2.05, 4.69) is 18.9 Å². The molecule has 0 radical (unpaired) electrons. The zero-order chi connectivity index (χ0) is 21.8. The van der Waals surface area contributed by atoms with Gasteiger partial charge in [-0.2, -0.15) is 0 Å². The van der Waals surface area contributed by atoms with Crippen molar-refractivity contribution in [2.45, 2.75) is 44.9 Å². The fourth-order valence-electron chi connectivity index (χ4n) is 4.41. The van der Waals surface area contributed by atoms with Crippen molar-refractivity contribution in [3.05, 3.63) is 59.2 Å². The van der Waals surface area contributed by atoms with Crippen LogP contribution in [0.5, 0.6) is 5.75 Å². The summed E-state index contributed by atoms with van der Waals surface area (Å²) in [7, 11) is 2.14. The third-order valence-electron chi connectivity index (χ3n) is 6.28. The first kappa shape index (κ1) is 21.4. The zero-order valence-corrected chi connectivity index (χ0v) is 18.5. The summed E-state index contributed by atoms with van der Waals surface area (Å²) in [4.78, 5) is 15.5. The molecular formula is C26H32N2O3. The Labute approximate surface area is 184 Å². The number of carbonyl (C=O) groups excluding carboxylic acids is 1. The van der Waals surface area contributed by atoms with Gasteiger partial charge < -0.3 is 19.8 Å². The molecule has 5 heteroatoms. The van der Waals surface area contributed by atoms with Gasteiger partial charge in [0.1, 0.15) is 11.3 Å². The Morgan fingerprint density at radius 2 is 1.81 bits per heavy atom. The predicted molar refractivity (Wildman–Crippen MR) is 125 cm³/mol. The van der Waals surface area contributed by atoms with Crippen LogP contribution in [-0.2, 0) is 0 Å². The van der Waals surface area contributed by atoms with Gasteiger partial charge in [-0.3, -0.25) is 4.79 Å². The number of ketones is 1. The summed E-state index contributed by atoms with van der Waals surface area (Å²) in [6.45, 7) is 4.97. The van der Waals surface area contributed by atoms with Crippen molar-refractivity contribution in [1.29, 1.82) is 0 Å². The van der Waals surface area contributed by atoms with Crippen LogP contribution in [0.3, 0.4) is 0 Å². The van der Waals surface area contributed by atoms with Gasteiger partial charge in [0.25, 0.3) is 0 Å². The van der Waals surface area contributed by atoms with Crippen molar-refractivity contribution < 1.29 is 13.9 Å². The highest BCUT2D eigenvalue weighted by Gasteiger charge is 2.25. The second kappa shape index (κ2) is 9.56. The summed E-state index contributed by atoms with van der Waals surface area (Å²) in [5, 5.41) is 0.966. The van der Waals surface area contributed by atoms with E-state index in [0.29, 0.717) is 29.5 Å². The first-order chi connectivity index (χ1) is 15.1. The maximum absolute atomic E-state index is 13.1. The van der Waals surface area contributed by atoms with E-state index < -0.39 is 0 Å². The van der Waals surface area contributed by atoms with Gasteiger partial charge in [-0.05, 0) is 87.8 Å². The maximum Gasteiger partial charge on any atom is 0.195 e. The molecule has 164 valence electrons. The van der Waals surface area contributed by atoms with Gasteiger partial charge in [-0.1, -0.05) is 19.8 Å². The molecule has 0 spiro atoms. The first-order valence-electron chi connectivity index (χ1n) is 11.3. The van der Waals surface area contributed by atoms with Crippen LogP contribution in [-0.4, -0.2) is 37.4 Å². The van der Waals surface area contributed by atoms with Crippen LogP contribution in [0.2, 0.25) is 0 Å². The lowest BCUT2D eigenvalue weighted by atomic mass is 9.88. The molecule has 1 saturated heterocycles. The molecule has 1 aliphatic rings. The van der Waals surface area contributed by atoms with Gasteiger partial charge in [0, 0.05) is 22.1 Å². The number of furan rings is 1. The van der Waals surface area contributed by atoms with E-state index in [1.165, 1.54) is 6.42 Å². The molecule has 2 N–H and O–H groups in total. The number of nitrogen functional groups attached to an aromatic ring is 1. The minimum absolute atomic E-state index is 0.00599.